The first-order valence-electron chi connectivity index (χ1n) is 3.61. The van der Waals surface area contributed by atoms with Crippen molar-refractivity contribution in [3.63, 3.8) is 0 Å². The fourth-order valence-electron chi connectivity index (χ4n) is 0.587. The Labute approximate surface area is 79.0 Å². The highest BCUT2D eigenvalue weighted by Crippen LogP contribution is 2.27. The summed E-state index contributed by atoms with van der Waals surface area (Å²) >= 11 is 0. The zero-order valence-corrected chi connectivity index (χ0v) is 8.28. The van der Waals surface area contributed by atoms with Crippen molar-refractivity contribution in [2.24, 2.45) is 0 Å². The van der Waals surface area contributed by atoms with E-state index in [1.54, 1.807) is 0 Å². The topological polar surface area (TPSA) is 60.4 Å². The Hall–Kier alpha value is -0.790. The third-order valence-corrected chi connectivity index (χ3v) is 3.18. The molecule has 0 aromatic rings. The molecule has 0 saturated heterocycles. The molecule has 0 saturated carbocycles. The van der Waals surface area contributed by atoms with E-state index in [1.807, 2.05) is 0 Å². The lowest BCUT2D eigenvalue weighted by molar-refractivity contribution is -0.142. The van der Waals surface area contributed by atoms with E-state index in [9.17, 15) is 26.4 Å². The average Bonchev–Trinajstić information content (AvgIpc) is 2.01. The molecule has 14 heavy (non-hydrogen) atoms. The SMILES string of the molecule is CCOC(=O)C(C)S(=O)(=O)C(F)(F)F. The van der Waals surface area contributed by atoms with Crippen LogP contribution in [0.5, 0.6) is 0 Å². The van der Waals surface area contributed by atoms with Crippen molar-refractivity contribution in [1.82, 2.24) is 0 Å². The Bertz CT molecular complexity index is 306. The van der Waals surface area contributed by atoms with Crippen molar-refractivity contribution >= 4 is 15.8 Å². The van der Waals surface area contributed by atoms with Gasteiger partial charge in [0.05, 0.1) is 6.61 Å². The number of alkyl halides is 3. The standard InChI is InChI=1S/C6H9F3O4S/c1-3-13-5(10)4(2)14(11,12)6(7,8)9/h4H,3H2,1-2H3. The van der Waals surface area contributed by atoms with Crippen molar-refractivity contribution in [2.45, 2.75) is 24.6 Å². The van der Waals surface area contributed by atoms with Crippen LogP contribution in [-0.4, -0.2) is 31.8 Å². The second-order valence-corrected chi connectivity index (χ2v) is 4.65. The third-order valence-electron chi connectivity index (χ3n) is 1.41. The molecule has 4 nitrogen and oxygen atoms in total. The summed E-state index contributed by atoms with van der Waals surface area (Å²) in [5.41, 5.74) is -5.43. The molecule has 1 unspecified atom stereocenters. The van der Waals surface area contributed by atoms with E-state index in [0.29, 0.717) is 6.92 Å². The molecule has 84 valence electrons. The molecule has 0 N–H and O–H groups in total. The number of carbonyl (C=O) groups excluding carboxylic acids is 1. The quantitative estimate of drug-likeness (QED) is 0.680. The monoisotopic (exact) mass is 234 g/mol. The molecule has 0 aliphatic heterocycles. The molecule has 0 spiro atoms. The van der Waals surface area contributed by atoms with Crippen LogP contribution in [0.4, 0.5) is 13.2 Å². The average molecular weight is 234 g/mol. The fourth-order valence-corrected chi connectivity index (χ4v) is 1.31. The zero-order chi connectivity index (χ0) is 11.6. The molecule has 0 heterocycles. The summed E-state index contributed by atoms with van der Waals surface area (Å²) in [5, 5.41) is -2.22. The summed E-state index contributed by atoms with van der Waals surface area (Å²) in [5.74, 6) is -1.40. The molecule has 0 fully saturated rings. The highest BCUT2D eigenvalue weighted by atomic mass is 32.2. The number of carbonyl (C=O) groups is 1. The van der Waals surface area contributed by atoms with Gasteiger partial charge in [0, 0.05) is 0 Å². The highest BCUT2D eigenvalue weighted by molar-refractivity contribution is 7.93. The predicted octanol–water partition coefficient (Wildman–Crippen LogP) is 0.873. The van der Waals surface area contributed by atoms with Crippen LogP contribution in [0.3, 0.4) is 0 Å². The van der Waals surface area contributed by atoms with Crippen molar-refractivity contribution in [2.75, 3.05) is 6.61 Å². The van der Waals surface area contributed by atoms with E-state index in [4.69, 9.17) is 0 Å². The number of esters is 1. The van der Waals surface area contributed by atoms with Crippen LogP contribution in [0.1, 0.15) is 13.8 Å². The Morgan fingerprint density at radius 1 is 1.43 bits per heavy atom. The van der Waals surface area contributed by atoms with Crippen molar-refractivity contribution in [1.29, 1.82) is 0 Å². The van der Waals surface area contributed by atoms with Crippen LogP contribution < -0.4 is 0 Å². The van der Waals surface area contributed by atoms with E-state index < -0.39 is 26.6 Å². The van der Waals surface area contributed by atoms with Gasteiger partial charge in [0.25, 0.3) is 9.84 Å². The number of sulfone groups is 1. The minimum atomic E-state index is -5.47. The second kappa shape index (κ2) is 4.16. The Balaban J connectivity index is 4.87. The maximum atomic E-state index is 11.9. The molecule has 0 aliphatic rings. The van der Waals surface area contributed by atoms with Gasteiger partial charge in [-0.25, -0.2) is 8.42 Å². The van der Waals surface area contributed by atoms with Gasteiger partial charge in [-0.15, -0.1) is 0 Å². The van der Waals surface area contributed by atoms with E-state index in [-0.39, 0.29) is 6.61 Å². The smallest absolute Gasteiger partial charge is 0.465 e. The van der Waals surface area contributed by atoms with Crippen LogP contribution in [-0.2, 0) is 19.4 Å². The Morgan fingerprint density at radius 3 is 2.14 bits per heavy atom. The molecule has 0 amide bonds. The zero-order valence-electron chi connectivity index (χ0n) is 7.46. The molecular weight excluding hydrogens is 225 g/mol. The minimum absolute atomic E-state index is 0.170. The summed E-state index contributed by atoms with van der Waals surface area (Å²) in [7, 11) is -5.47. The molecule has 0 bridgehead atoms. The first kappa shape index (κ1) is 13.2. The van der Waals surface area contributed by atoms with Gasteiger partial charge in [-0.1, -0.05) is 0 Å². The number of hydrogen-bond acceptors (Lipinski definition) is 4. The molecule has 0 radical (unpaired) electrons. The molecule has 0 aliphatic carbocycles. The van der Waals surface area contributed by atoms with Gasteiger partial charge in [-0.05, 0) is 13.8 Å². The summed E-state index contributed by atoms with van der Waals surface area (Å²) < 4.78 is 61.1. The number of hydrogen-bond donors (Lipinski definition) is 0. The lowest BCUT2D eigenvalue weighted by Gasteiger charge is -2.13. The number of rotatable bonds is 3. The van der Waals surface area contributed by atoms with Crippen molar-refractivity contribution < 1.29 is 31.1 Å². The lowest BCUT2D eigenvalue weighted by Crippen LogP contribution is -2.38. The molecule has 0 rings (SSSR count). The van der Waals surface area contributed by atoms with Crippen LogP contribution in [0.25, 0.3) is 0 Å². The van der Waals surface area contributed by atoms with Gasteiger partial charge in [-0.3, -0.25) is 4.79 Å². The minimum Gasteiger partial charge on any atom is -0.465 e. The van der Waals surface area contributed by atoms with Gasteiger partial charge in [0.15, 0.2) is 5.25 Å². The van der Waals surface area contributed by atoms with E-state index in [2.05, 4.69) is 4.74 Å². The summed E-state index contributed by atoms with van der Waals surface area (Å²) in [6.45, 7) is 1.84. The molecular formula is C6H9F3O4S. The van der Waals surface area contributed by atoms with Gasteiger partial charge in [0.2, 0.25) is 0 Å². The number of ether oxygens (including phenoxy) is 1. The Kier molecular flexibility index (Phi) is 3.92. The van der Waals surface area contributed by atoms with Gasteiger partial charge in [0.1, 0.15) is 0 Å². The fraction of sp³-hybridized carbons (Fsp3) is 0.833. The maximum Gasteiger partial charge on any atom is 0.498 e. The van der Waals surface area contributed by atoms with Gasteiger partial charge < -0.3 is 4.74 Å². The van der Waals surface area contributed by atoms with Crippen LogP contribution in [0.2, 0.25) is 0 Å². The first-order valence-corrected chi connectivity index (χ1v) is 5.16. The number of halogens is 3. The first-order chi connectivity index (χ1) is 6.14. The summed E-state index contributed by atoms with van der Waals surface area (Å²) in [6.07, 6.45) is 0. The van der Waals surface area contributed by atoms with Crippen LogP contribution >= 0.6 is 0 Å². The largest absolute Gasteiger partial charge is 0.498 e. The molecule has 0 aromatic heterocycles. The summed E-state index contributed by atoms with van der Waals surface area (Å²) in [4.78, 5) is 10.7. The van der Waals surface area contributed by atoms with Gasteiger partial charge in [-0.2, -0.15) is 13.2 Å². The van der Waals surface area contributed by atoms with E-state index in [0.717, 1.165) is 0 Å². The highest BCUT2D eigenvalue weighted by Gasteiger charge is 2.51. The van der Waals surface area contributed by atoms with Crippen molar-refractivity contribution in [3.8, 4) is 0 Å². The lowest BCUT2D eigenvalue weighted by atomic mass is 10.5. The molecule has 1 atom stereocenters. The molecule has 8 heteroatoms. The predicted molar refractivity (Wildman–Crippen MR) is 41.1 cm³/mol. The molecule has 0 aromatic carbocycles. The van der Waals surface area contributed by atoms with E-state index >= 15 is 0 Å². The second-order valence-electron chi connectivity index (χ2n) is 2.39. The Morgan fingerprint density at radius 2 is 1.86 bits per heavy atom. The van der Waals surface area contributed by atoms with Crippen LogP contribution in [0.15, 0.2) is 0 Å². The maximum absolute atomic E-state index is 11.9. The van der Waals surface area contributed by atoms with Crippen LogP contribution in [0, 0.1) is 0 Å². The van der Waals surface area contributed by atoms with Gasteiger partial charge >= 0.3 is 11.5 Å². The normalized spacial score (nSPS) is 14.9. The van der Waals surface area contributed by atoms with Crippen molar-refractivity contribution in [3.05, 3.63) is 0 Å². The van der Waals surface area contributed by atoms with E-state index in [1.165, 1.54) is 6.92 Å². The summed E-state index contributed by atoms with van der Waals surface area (Å²) in [6, 6.07) is 0. The third kappa shape index (κ3) is 2.60.